The van der Waals surface area contributed by atoms with Crippen LogP contribution in [0.1, 0.15) is 22.8 Å². The second-order valence-electron chi connectivity index (χ2n) is 4.63. The molecule has 8 nitrogen and oxygen atoms in total. The van der Waals surface area contributed by atoms with Gasteiger partial charge < -0.3 is 5.32 Å². The second-order valence-corrected chi connectivity index (χ2v) is 6.33. The predicted octanol–water partition coefficient (Wildman–Crippen LogP) is 0.0144. The lowest BCUT2D eigenvalue weighted by Crippen LogP contribution is -2.25. The van der Waals surface area contributed by atoms with Gasteiger partial charge in [-0.25, -0.2) is 13.1 Å². The summed E-state index contributed by atoms with van der Waals surface area (Å²) in [6, 6.07) is 0. The number of rotatable bonds is 6. The topological polar surface area (TPSA) is 113 Å². The zero-order valence-corrected chi connectivity index (χ0v) is 13.0. The Balaban J connectivity index is 2.18. The van der Waals surface area contributed by atoms with E-state index in [0.29, 0.717) is 23.6 Å². The molecular formula is C12H18N6O2S. The number of H-pyrrole nitrogens is 1. The van der Waals surface area contributed by atoms with Crippen molar-refractivity contribution in [2.75, 3.05) is 7.05 Å². The van der Waals surface area contributed by atoms with Gasteiger partial charge in [-0.3, -0.25) is 15.1 Å². The first-order valence-electron chi connectivity index (χ1n) is 6.39. The van der Waals surface area contributed by atoms with Crippen LogP contribution in [0.25, 0.3) is 0 Å². The lowest BCUT2D eigenvalue weighted by molar-refractivity contribution is 0.577. The zero-order valence-electron chi connectivity index (χ0n) is 12.1. The molecule has 0 aromatic carbocycles. The minimum absolute atomic E-state index is 0.0826. The fourth-order valence-corrected chi connectivity index (χ4v) is 3.22. The minimum atomic E-state index is -3.66. The summed E-state index contributed by atoms with van der Waals surface area (Å²) in [5.74, 6) is 0. The van der Waals surface area contributed by atoms with Crippen LogP contribution in [-0.4, -0.2) is 35.6 Å². The smallest absolute Gasteiger partial charge is 0.244 e. The highest BCUT2D eigenvalue weighted by molar-refractivity contribution is 7.89. The number of aromatic nitrogens is 4. The van der Waals surface area contributed by atoms with Crippen molar-refractivity contribution in [2.24, 2.45) is 0 Å². The first-order chi connectivity index (χ1) is 9.94. The van der Waals surface area contributed by atoms with Gasteiger partial charge in [0, 0.05) is 12.7 Å². The van der Waals surface area contributed by atoms with E-state index in [0.717, 1.165) is 5.69 Å². The monoisotopic (exact) mass is 310 g/mol. The van der Waals surface area contributed by atoms with Crippen molar-refractivity contribution < 1.29 is 8.42 Å². The molecule has 2 rings (SSSR count). The maximum absolute atomic E-state index is 12.4. The van der Waals surface area contributed by atoms with E-state index < -0.39 is 10.0 Å². The van der Waals surface area contributed by atoms with E-state index in [4.69, 9.17) is 0 Å². The summed E-state index contributed by atoms with van der Waals surface area (Å²) in [4.78, 5) is 8.38. The van der Waals surface area contributed by atoms with Gasteiger partial charge in [-0.1, -0.05) is 0 Å². The molecule has 3 N–H and O–H groups in total. The average Bonchev–Trinajstić information content (AvgIpc) is 2.80. The largest absolute Gasteiger partial charge is 0.314 e. The summed E-state index contributed by atoms with van der Waals surface area (Å²) in [6.07, 6.45) is 3.15. The first-order valence-corrected chi connectivity index (χ1v) is 7.88. The SMILES string of the molecule is CNCc1n[nH]c(C)c1S(=O)(=O)NCc1cnc(C)cn1. The fourth-order valence-electron chi connectivity index (χ4n) is 1.86. The molecule has 0 unspecified atom stereocenters. The van der Waals surface area contributed by atoms with Crippen LogP contribution in [0.5, 0.6) is 0 Å². The molecule has 0 spiro atoms. The third-order valence-electron chi connectivity index (χ3n) is 2.85. The van der Waals surface area contributed by atoms with E-state index >= 15 is 0 Å². The van der Waals surface area contributed by atoms with E-state index in [9.17, 15) is 8.42 Å². The van der Waals surface area contributed by atoms with Gasteiger partial charge in [-0.05, 0) is 20.9 Å². The number of nitrogens with one attached hydrogen (secondary N) is 3. The van der Waals surface area contributed by atoms with E-state index in [1.54, 1.807) is 26.4 Å². The zero-order chi connectivity index (χ0) is 15.5. The number of hydrogen-bond donors (Lipinski definition) is 3. The minimum Gasteiger partial charge on any atom is -0.314 e. The summed E-state index contributed by atoms with van der Waals surface area (Å²) < 4.78 is 27.3. The molecule has 0 saturated carbocycles. The molecule has 2 aromatic rings. The van der Waals surface area contributed by atoms with Gasteiger partial charge in [0.2, 0.25) is 10.0 Å². The van der Waals surface area contributed by atoms with Crippen molar-refractivity contribution in [1.82, 2.24) is 30.2 Å². The van der Waals surface area contributed by atoms with Gasteiger partial charge in [-0.2, -0.15) is 5.10 Å². The van der Waals surface area contributed by atoms with Gasteiger partial charge in [0.25, 0.3) is 0 Å². The number of hydrogen-bond acceptors (Lipinski definition) is 6. The fraction of sp³-hybridized carbons (Fsp3) is 0.417. The van der Waals surface area contributed by atoms with Crippen molar-refractivity contribution in [2.45, 2.75) is 31.8 Å². The Hall–Kier alpha value is -1.84. The molecule has 9 heteroatoms. The van der Waals surface area contributed by atoms with Crippen LogP contribution in [0.4, 0.5) is 0 Å². The van der Waals surface area contributed by atoms with Crippen LogP contribution in [-0.2, 0) is 23.1 Å². The van der Waals surface area contributed by atoms with Crippen molar-refractivity contribution in [1.29, 1.82) is 0 Å². The number of nitrogens with zero attached hydrogens (tertiary/aromatic N) is 3. The number of sulfonamides is 1. The Morgan fingerprint density at radius 3 is 2.57 bits per heavy atom. The van der Waals surface area contributed by atoms with Gasteiger partial charge in [0.05, 0.1) is 35.5 Å². The van der Waals surface area contributed by atoms with Crippen LogP contribution >= 0.6 is 0 Å². The van der Waals surface area contributed by atoms with E-state index in [2.05, 4.69) is 30.2 Å². The van der Waals surface area contributed by atoms with Gasteiger partial charge >= 0.3 is 0 Å². The van der Waals surface area contributed by atoms with Crippen molar-refractivity contribution in [3.63, 3.8) is 0 Å². The standard InChI is InChI=1S/C12H18N6O2S/c1-8-4-15-10(5-14-8)6-16-21(19,20)12-9(2)17-18-11(12)7-13-3/h4-5,13,16H,6-7H2,1-3H3,(H,17,18). The molecular weight excluding hydrogens is 292 g/mol. The lowest BCUT2D eigenvalue weighted by atomic mass is 10.4. The number of aromatic amines is 1. The van der Waals surface area contributed by atoms with Crippen molar-refractivity contribution in [3.05, 3.63) is 35.2 Å². The molecule has 0 fully saturated rings. The molecule has 0 aliphatic rings. The third kappa shape index (κ3) is 3.63. The molecule has 2 heterocycles. The molecule has 0 aliphatic heterocycles. The molecule has 0 amide bonds. The molecule has 0 saturated heterocycles. The Morgan fingerprint density at radius 1 is 1.19 bits per heavy atom. The maximum Gasteiger partial charge on any atom is 0.244 e. The third-order valence-corrected chi connectivity index (χ3v) is 4.46. The van der Waals surface area contributed by atoms with E-state index in [-0.39, 0.29) is 11.4 Å². The summed E-state index contributed by atoms with van der Waals surface area (Å²) in [7, 11) is -1.93. The molecule has 0 atom stereocenters. The van der Waals surface area contributed by atoms with Crippen LogP contribution in [0.2, 0.25) is 0 Å². The lowest BCUT2D eigenvalue weighted by Gasteiger charge is -2.07. The van der Waals surface area contributed by atoms with Crippen LogP contribution in [0, 0.1) is 13.8 Å². The highest BCUT2D eigenvalue weighted by atomic mass is 32.2. The molecule has 0 aliphatic carbocycles. The molecule has 0 bridgehead atoms. The van der Waals surface area contributed by atoms with E-state index in [1.165, 1.54) is 0 Å². The average molecular weight is 310 g/mol. The van der Waals surface area contributed by atoms with E-state index in [1.807, 2.05) is 6.92 Å². The number of aryl methyl sites for hydroxylation is 2. The summed E-state index contributed by atoms with van der Waals surface area (Å²) in [6.45, 7) is 3.94. The molecule has 2 aromatic heterocycles. The Labute approximate surface area is 123 Å². The van der Waals surface area contributed by atoms with Gasteiger partial charge in [0.15, 0.2) is 0 Å². The Kier molecular flexibility index (Phi) is 4.66. The van der Waals surface area contributed by atoms with Crippen LogP contribution in [0.3, 0.4) is 0 Å². The molecule has 21 heavy (non-hydrogen) atoms. The van der Waals surface area contributed by atoms with Crippen LogP contribution < -0.4 is 10.0 Å². The van der Waals surface area contributed by atoms with Gasteiger partial charge in [-0.15, -0.1) is 0 Å². The molecule has 0 radical (unpaired) electrons. The maximum atomic E-state index is 12.4. The highest BCUT2D eigenvalue weighted by Crippen LogP contribution is 2.17. The summed E-state index contributed by atoms with van der Waals surface area (Å²) in [5.41, 5.74) is 2.30. The summed E-state index contributed by atoms with van der Waals surface area (Å²) in [5, 5.41) is 9.59. The molecule has 114 valence electrons. The summed E-state index contributed by atoms with van der Waals surface area (Å²) >= 11 is 0. The normalized spacial score (nSPS) is 11.8. The predicted molar refractivity (Wildman–Crippen MR) is 76.9 cm³/mol. The van der Waals surface area contributed by atoms with Crippen LogP contribution in [0.15, 0.2) is 17.3 Å². The van der Waals surface area contributed by atoms with Gasteiger partial charge in [0.1, 0.15) is 4.90 Å². The van der Waals surface area contributed by atoms with Crippen molar-refractivity contribution >= 4 is 10.0 Å². The first kappa shape index (κ1) is 15.5. The van der Waals surface area contributed by atoms with Crippen molar-refractivity contribution in [3.8, 4) is 0 Å². The quantitative estimate of drug-likeness (QED) is 0.693. The Morgan fingerprint density at radius 2 is 1.95 bits per heavy atom. The highest BCUT2D eigenvalue weighted by Gasteiger charge is 2.23. The Bertz CT molecular complexity index is 708. The second kappa shape index (κ2) is 6.29.